The Morgan fingerprint density at radius 3 is 2.52 bits per heavy atom. The molecule has 1 heterocycles. The monoisotopic (exact) mass is 347 g/mol. The van der Waals surface area contributed by atoms with Gasteiger partial charge in [0.05, 0.1) is 0 Å². The Morgan fingerprint density at radius 1 is 1.05 bits per heavy atom. The first-order valence-corrected chi connectivity index (χ1v) is 7.89. The average Bonchev–Trinajstić information content (AvgIpc) is 2.53. The van der Waals surface area contributed by atoms with Crippen molar-refractivity contribution in [3.63, 3.8) is 0 Å². The van der Waals surface area contributed by atoms with Gasteiger partial charge in [-0.05, 0) is 42.3 Å². The summed E-state index contributed by atoms with van der Waals surface area (Å²) in [5, 5.41) is 3.53. The fourth-order valence-corrected chi connectivity index (χ4v) is 2.60. The molecule has 3 rings (SSSR count). The van der Waals surface area contributed by atoms with Crippen LogP contribution in [-0.4, -0.2) is 13.2 Å². The van der Waals surface area contributed by atoms with E-state index in [2.05, 4.69) is 64.6 Å². The molecule has 1 aliphatic rings. The Morgan fingerprint density at radius 2 is 1.76 bits per heavy atom. The van der Waals surface area contributed by atoms with Gasteiger partial charge in [-0.15, -0.1) is 0 Å². The molecule has 0 saturated carbocycles. The molecule has 0 saturated heterocycles. The summed E-state index contributed by atoms with van der Waals surface area (Å²) < 4.78 is 12.2. The van der Waals surface area contributed by atoms with Crippen LogP contribution in [0.4, 0.5) is 0 Å². The van der Waals surface area contributed by atoms with Gasteiger partial charge in [0.25, 0.3) is 0 Å². The molecule has 0 radical (unpaired) electrons. The number of hydrogen-bond acceptors (Lipinski definition) is 3. The summed E-state index contributed by atoms with van der Waals surface area (Å²) in [7, 11) is 0. The van der Waals surface area contributed by atoms with Crippen LogP contribution in [-0.2, 0) is 6.54 Å². The first-order chi connectivity index (χ1) is 10.2. The highest BCUT2D eigenvalue weighted by molar-refractivity contribution is 9.10. The Bertz CT molecular complexity index is 613. The van der Waals surface area contributed by atoms with Crippen LogP contribution >= 0.6 is 15.9 Å². The van der Waals surface area contributed by atoms with Crippen LogP contribution in [0, 0.1) is 0 Å². The third kappa shape index (κ3) is 3.57. The predicted molar refractivity (Wildman–Crippen MR) is 86.8 cm³/mol. The van der Waals surface area contributed by atoms with Crippen LogP contribution in [0.2, 0.25) is 0 Å². The minimum Gasteiger partial charge on any atom is -0.486 e. The van der Waals surface area contributed by atoms with E-state index in [0.717, 1.165) is 22.5 Å². The molecule has 2 aromatic carbocycles. The van der Waals surface area contributed by atoms with Crippen molar-refractivity contribution in [2.24, 2.45) is 0 Å². The van der Waals surface area contributed by atoms with E-state index < -0.39 is 0 Å². The zero-order valence-corrected chi connectivity index (χ0v) is 13.5. The maximum atomic E-state index is 5.61. The molecule has 2 aromatic rings. The van der Waals surface area contributed by atoms with Gasteiger partial charge < -0.3 is 14.8 Å². The topological polar surface area (TPSA) is 30.5 Å². The van der Waals surface area contributed by atoms with Gasteiger partial charge in [-0.3, -0.25) is 0 Å². The highest BCUT2D eigenvalue weighted by atomic mass is 79.9. The molecule has 1 unspecified atom stereocenters. The van der Waals surface area contributed by atoms with Gasteiger partial charge in [0.2, 0.25) is 0 Å². The lowest BCUT2D eigenvalue weighted by Gasteiger charge is -2.20. The average molecular weight is 348 g/mol. The van der Waals surface area contributed by atoms with Crippen LogP contribution in [0.1, 0.15) is 24.1 Å². The molecule has 3 nitrogen and oxygen atoms in total. The molecule has 1 N–H and O–H groups in total. The van der Waals surface area contributed by atoms with E-state index in [1.54, 1.807) is 0 Å². The molecule has 0 spiro atoms. The van der Waals surface area contributed by atoms with Gasteiger partial charge in [0.1, 0.15) is 13.2 Å². The van der Waals surface area contributed by atoms with Crippen LogP contribution < -0.4 is 14.8 Å². The second-order valence-corrected chi connectivity index (χ2v) is 6.05. The number of benzene rings is 2. The molecule has 0 aromatic heterocycles. The molecule has 0 aliphatic carbocycles. The van der Waals surface area contributed by atoms with Gasteiger partial charge in [-0.25, -0.2) is 0 Å². The number of ether oxygens (including phenoxy) is 2. The molecule has 21 heavy (non-hydrogen) atoms. The van der Waals surface area contributed by atoms with Crippen molar-refractivity contribution in [1.29, 1.82) is 0 Å². The van der Waals surface area contributed by atoms with Crippen molar-refractivity contribution in [2.75, 3.05) is 13.2 Å². The van der Waals surface area contributed by atoms with Crippen molar-refractivity contribution in [3.05, 3.63) is 58.1 Å². The molecule has 1 atom stereocenters. The number of halogens is 1. The van der Waals surface area contributed by atoms with Crippen molar-refractivity contribution in [1.82, 2.24) is 5.32 Å². The van der Waals surface area contributed by atoms with E-state index in [-0.39, 0.29) is 0 Å². The highest BCUT2D eigenvalue weighted by Crippen LogP contribution is 2.30. The Labute approximate surface area is 133 Å². The van der Waals surface area contributed by atoms with E-state index in [0.29, 0.717) is 19.3 Å². The number of rotatable bonds is 4. The lowest BCUT2D eigenvalue weighted by atomic mass is 10.1. The van der Waals surface area contributed by atoms with E-state index in [1.807, 2.05) is 6.07 Å². The maximum absolute atomic E-state index is 5.61. The third-order valence-corrected chi connectivity index (χ3v) is 4.12. The highest BCUT2D eigenvalue weighted by Gasteiger charge is 2.12. The number of hydrogen-bond donors (Lipinski definition) is 1. The Kier molecular flexibility index (Phi) is 4.46. The van der Waals surface area contributed by atoms with Gasteiger partial charge in [-0.1, -0.05) is 34.1 Å². The zero-order chi connectivity index (χ0) is 14.7. The molecule has 110 valence electrons. The SMILES string of the molecule is CC(NCc1ccc2c(c1)OCCO2)c1ccc(Br)cc1. The van der Waals surface area contributed by atoms with Gasteiger partial charge in [-0.2, -0.15) is 0 Å². The Balaban J connectivity index is 1.63. The molecule has 0 bridgehead atoms. The van der Waals surface area contributed by atoms with Crippen molar-refractivity contribution >= 4 is 15.9 Å². The fraction of sp³-hybridized carbons (Fsp3) is 0.294. The smallest absolute Gasteiger partial charge is 0.161 e. The second-order valence-electron chi connectivity index (χ2n) is 5.13. The largest absolute Gasteiger partial charge is 0.486 e. The van der Waals surface area contributed by atoms with Crippen molar-refractivity contribution in [3.8, 4) is 11.5 Å². The zero-order valence-electron chi connectivity index (χ0n) is 11.9. The van der Waals surface area contributed by atoms with E-state index in [1.165, 1.54) is 11.1 Å². The first kappa shape index (κ1) is 14.4. The fourth-order valence-electron chi connectivity index (χ4n) is 2.34. The summed E-state index contributed by atoms with van der Waals surface area (Å²) in [6, 6.07) is 14.8. The van der Waals surface area contributed by atoms with Crippen molar-refractivity contribution < 1.29 is 9.47 Å². The normalized spacial score (nSPS) is 14.8. The molecule has 4 heteroatoms. The van der Waals surface area contributed by atoms with E-state index >= 15 is 0 Å². The van der Waals surface area contributed by atoms with Crippen LogP contribution in [0.15, 0.2) is 46.9 Å². The summed E-state index contributed by atoms with van der Waals surface area (Å²) in [6.45, 7) is 4.22. The molecule has 1 aliphatic heterocycles. The van der Waals surface area contributed by atoms with Gasteiger partial charge in [0, 0.05) is 17.1 Å². The summed E-state index contributed by atoms with van der Waals surface area (Å²) >= 11 is 3.46. The van der Waals surface area contributed by atoms with E-state index in [9.17, 15) is 0 Å². The van der Waals surface area contributed by atoms with Crippen molar-refractivity contribution in [2.45, 2.75) is 19.5 Å². The lowest BCUT2D eigenvalue weighted by molar-refractivity contribution is 0.171. The maximum Gasteiger partial charge on any atom is 0.161 e. The third-order valence-electron chi connectivity index (χ3n) is 3.59. The van der Waals surface area contributed by atoms with E-state index in [4.69, 9.17) is 9.47 Å². The standard InChI is InChI=1S/C17H18BrNO2/c1-12(14-3-5-15(18)6-4-14)19-11-13-2-7-16-17(10-13)21-9-8-20-16/h2-7,10,12,19H,8-9,11H2,1H3. The summed E-state index contributed by atoms with van der Waals surface area (Å²) in [5.74, 6) is 1.68. The summed E-state index contributed by atoms with van der Waals surface area (Å²) in [5.41, 5.74) is 2.47. The molecular formula is C17H18BrNO2. The lowest BCUT2D eigenvalue weighted by Crippen LogP contribution is -2.19. The minimum absolute atomic E-state index is 0.298. The number of fused-ring (bicyclic) bond motifs is 1. The Hall–Kier alpha value is -1.52. The second kappa shape index (κ2) is 6.50. The van der Waals surface area contributed by atoms with Gasteiger partial charge in [0.15, 0.2) is 11.5 Å². The predicted octanol–water partition coefficient (Wildman–Crippen LogP) is 4.07. The van der Waals surface area contributed by atoms with Crippen LogP contribution in [0.25, 0.3) is 0 Å². The summed E-state index contributed by atoms with van der Waals surface area (Å²) in [4.78, 5) is 0. The summed E-state index contributed by atoms with van der Waals surface area (Å²) in [6.07, 6.45) is 0. The molecular weight excluding hydrogens is 330 g/mol. The first-order valence-electron chi connectivity index (χ1n) is 7.10. The minimum atomic E-state index is 0.298. The molecule has 0 amide bonds. The van der Waals surface area contributed by atoms with Crippen LogP contribution in [0.3, 0.4) is 0 Å². The molecule has 0 fully saturated rings. The quantitative estimate of drug-likeness (QED) is 0.904. The van der Waals surface area contributed by atoms with Crippen LogP contribution in [0.5, 0.6) is 11.5 Å². The van der Waals surface area contributed by atoms with Gasteiger partial charge >= 0.3 is 0 Å². The number of nitrogens with one attached hydrogen (secondary N) is 1.